The van der Waals surface area contributed by atoms with Crippen LogP contribution in [0.5, 0.6) is 0 Å². The quantitative estimate of drug-likeness (QED) is 0.685. The molecule has 0 radical (unpaired) electrons. The fourth-order valence-electron chi connectivity index (χ4n) is 1.86. The Labute approximate surface area is 134 Å². The molecule has 0 atom stereocenters. The van der Waals surface area contributed by atoms with Crippen LogP contribution in [0.15, 0.2) is 58.2 Å². The van der Waals surface area contributed by atoms with E-state index in [9.17, 15) is 4.39 Å². The van der Waals surface area contributed by atoms with Crippen molar-refractivity contribution in [2.24, 2.45) is 0 Å². The van der Waals surface area contributed by atoms with E-state index in [4.69, 9.17) is 0 Å². The van der Waals surface area contributed by atoms with Crippen LogP contribution < -0.4 is 0 Å². The number of aromatic amines is 1. The molecule has 3 nitrogen and oxygen atoms in total. The van der Waals surface area contributed by atoms with E-state index >= 15 is 0 Å². The van der Waals surface area contributed by atoms with Crippen molar-refractivity contribution in [3.63, 3.8) is 0 Å². The van der Waals surface area contributed by atoms with Gasteiger partial charge < -0.3 is 0 Å². The van der Waals surface area contributed by atoms with Crippen LogP contribution in [0.1, 0.15) is 5.56 Å². The van der Waals surface area contributed by atoms with Crippen molar-refractivity contribution in [2.45, 2.75) is 10.9 Å². The Kier molecular flexibility index (Phi) is 4.36. The third-order valence-corrected chi connectivity index (χ3v) is 4.26. The molecule has 0 aliphatic heterocycles. The Hall–Kier alpha value is -1.66. The highest BCUT2D eigenvalue weighted by molar-refractivity contribution is 9.10. The van der Waals surface area contributed by atoms with Crippen LogP contribution in [-0.4, -0.2) is 15.2 Å². The molecule has 0 spiro atoms. The van der Waals surface area contributed by atoms with Gasteiger partial charge in [-0.05, 0) is 29.8 Å². The largest absolute Gasteiger partial charge is 0.258 e. The van der Waals surface area contributed by atoms with Crippen molar-refractivity contribution in [1.29, 1.82) is 0 Å². The number of thioether (sulfide) groups is 1. The van der Waals surface area contributed by atoms with Gasteiger partial charge in [-0.15, -0.1) is 5.10 Å². The summed E-state index contributed by atoms with van der Waals surface area (Å²) in [6.07, 6.45) is 0. The standard InChI is InChI=1S/C15H11BrFN3S/c16-11-5-3-4-10(8-11)9-21-15-18-14(19-20-15)12-6-1-2-7-13(12)17/h1-8H,9H2,(H,18,19,20). The highest BCUT2D eigenvalue weighted by Crippen LogP contribution is 2.24. The van der Waals surface area contributed by atoms with Gasteiger partial charge in [0, 0.05) is 10.2 Å². The average molecular weight is 364 g/mol. The van der Waals surface area contributed by atoms with Gasteiger partial charge in [-0.25, -0.2) is 9.37 Å². The number of benzene rings is 2. The zero-order valence-electron chi connectivity index (χ0n) is 10.9. The molecular weight excluding hydrogens is 353 g/mol. The van der Waals surface area contributed by atoms with Crippen LogP contribution in [0.2, 0.25) is 0 Å². The number of aromatic nitrogens is 3. The summed E-state index contributed by atoms with van der Waals surface area (Å²) in [6, 6.07) is 14.6. The van der Waals surface area contributed by atoms with Gasteiger partial charge in [0.2, 0.25) is 5.16 Å². The Morgan fingerprint density at radius 1 is 1.14 bits per heavy atom. The lowest BCUT2D eigenvalue weighted by molar-refractivity contribution is 0.630. The highest BCUT2D eigenvalue weighted by atomic mass is 79.9. The fraction of sp³-hybridized carbons (Fsp3) is 0.0667. The molecule has 0 aliphatic rings. The maximum Gasteiger partial charge on any atom is 0.209 e. The number of H-pyrrole nitrogens is 1. The topological polar surface area (TPSA) is 41.6 Å². The number of nitrogens with one attached hydrogen (secondary N) is 1. The molecule has 1 heterocycles. The summed E-state index contributed by atoms with van der Waals surface area (Å²) in [5.74, 6) is 0.899. The zero-order chi connectivity index (χ0) is 14.7. The van der Waals surface area contributed by atoms with E-state index in [0.717, 1.165) is 10.2 Å². The van der Waals surface area contributed by atoms with Crippen molar-refractivity contribution in [3.8, 4) is 11.4 Å². The lowest BCUT2D eigenvalue weighted by Crippen LogP contribution is -1.85. The Balaban J connectivity index is 1.72. The number of rotatable bonds is 4. The second kappa shape index (κ2) is 6.41. The molecule has 0 bridgehead atoms. The first kappa shape index (κ1) is 14.3. The van der Waals surface area contributed by atoms with E-state index in [0.29, 0.717) is 16.5 Å². The van der Waals surface area contributed by atoms with Crippen molar-refractivity contribution in [3.05, 3.63) is 64.4 Å². The summed E-state index contributed by atoms with van der Waals surface area (Å²) in [4.78, 5) is 4.32. The molecule has 0 aliphatic carbocycles. The van der Waals surface area contributed by atoms with Gasteiger partial charge in [-0.2, -0.15) is 0 Å². The first-order valence-corrected chi connectivity index (χ1v) is 8.05. The first-order valence-electron chi connectivity index (χ1n) is 6.27. The molecule has 0 unspecified atom stereocenters. The second-order valence-corrected chi connectivity index (χ2v) is 6.22. The molecule has 6 heteroatoms. The van der Waals surface area contributed by atoms with E-state index in [1.807, 2.05) is 18.2 Å². The van der Waals surface area contributed by atoms with Crippen LogP contribution in [0.4, 0.5) is 4.39 Å². The lowest BCUT2D eigenvalue weighted by Gasteiger charge is -1.99. The fourth-order valence-corrected chi connectivity index (χ4v) is 3.05. The molecular formula is C15H11BrFN3S. The number of hydrogen-bond donors (Lipinski definition) is 1. The minimum absolute atomic E-state index is 0.308. The van der Waals surface area contributed by atoms with Gasteiger partial charge in [-0.1, -0.05) is 52.0 Å². The molecule has 3 aromatic rings. The molecule has 2 aromatic carbocycles. The van der Waals surface area contributed by atoms with E-state index in [1.54, 1.807) is 18.2 Å². The van der Waals surface area contributed by atoms with Crippen LogP contribution in [0.25, 0.3) is 11.4 Å². The normalized spacial score (nSPS) is 10.8. The molecule has 21 heavy (non-hydrogen) atoms. The zero-order valence-corrected chi connectivity index (χ0v) is 13.3. The molecule has 1 aromatic heterocycles. The van der Waals surface area contributed by atoms with E-state index in [2.05, 4.69) is 37.2 Å². The maximum absolute atomic E-state index is 13.7. The summed E-state index contributed by atoms with van der Waals surface area (Å²) in [6.45, 7) is 0. The molecule has 0 saturated heterocycles. The lowest BCUT2D eigenvalue weighted by atomic mass is 10.2. The summed E-state index contributed by atoms with van der Waals surface area (Å²) >= 11 is 4.95. The Bertz CT molecular complexity index is 760. The molecule has 106 valence electrons. The van der Waals surface area contributed by atoms with Crippen LogP contribution in [0.3, 0.4) is 0 Å². The maximum atomic E-state index is 13.7. The van der Waals surface area contributed by atoms with E-state index in [-0.39, 0.29) is 5.82 Å². The summed E-state index contributed by atoms with van der Waals surface area (Å²) < 4.78 is 14.7. The van der Waals surface area contributed by atoms with Gasteiger partial charge in [0.05, 0.1) is 5.56 Å². The van der Waals surface area contributed by atoms with E-state index < -0.39 is 0 Å². The van der Waals surface area contributed by atoms with Crippen molar-refractivity contribution >= 4 is 27.7 Å². The summed E-state index contributed by atoms with van der Waals surface area (Å²) in [5, 5.41) is 7.50. The van der Waals surface area contributed by atoms with Crippen molar-refractivity contribution in [2.75, 3.05) is 0 Å². The van der Waals surface area contributed by atoms with E-state index in [1.165, 1.54) is 23.4 Å². The van der Waals surface area contributed by atoms with Crippen LogP contribution in [0, 0.1) is 5.82 Å². The predicted octanol–water partition coefficient (Wildman–Crippen LogP) is 4.67. The van der Waals surface area contributed by atoms with Crippen LogP contribution >= 0.6 is 27.7 Å². The summed E-state index contributed by atoms with van der Waals surface area (Å²) in [7, 11) is 0. The molecule has 0 saturated carbocycles. The molecule has 0 fully saturated rings. The van der Waals surface area contributed by atoms with Gasteiger partial charge in [0.1, 0.15) is 5.82 Å². The molecule has 1 N–H and O–H groups in total. The number of nitrogens with zero attached hydrogens (tertiary/aromatic N) is 2. The third-order valence-electron chi connectivity index (χ3n) is 2.85. The SMILES string of the molecule is Fc1ccccc1-c1nc(SCc2cccc(Br)c2)n[nH]1. The van der Waals surface area contributed by atoms with Crippen molar-refractivity contribution < 1.29 is 4.39 Å². The molecule has 0 amide bonds. The highest BCUT2D eigenvalue weighted by Gasteiger charge is 2.10. The summed E-state index contributed by atoms with van der Waals surface area (Å²) in [5.41, 5.74) is 1.60. The third kappa shape index (κ3) is 3.51. The number of hydrogen-bond acceptors (Lipinski definition) is 3. The minimum atomic E-state index is -0.308. The minimum Gasteiger partial charge on any atom is -0.258 e. The molecule has 3 rings (SSSR count). The monoisotopic (exact) mass is 363 g/mol. The smallest absolute Gasteiger partial charge is 0.209 e. The van der Waals surface area contributed by atoms with Gasteiger partial charge in [0.15, 0.2) is 5.82 Å². The average Bonchev–Trinajstić information content (AvgIpc) is 2.94. The van der Waals surface area contributed by atoms with Gasteiger partial charge >= 0.3 is 0 Å². The second-order valence-electron chi connectivity index (χ2n) is 4.37. The van der Waals surface area contributed by atoms with Crippen LogP contribution in [-0.2, 0) is 5.75 Å². The Morgan fingerprint density at radius 3 is 2.81 bits per heavy atom. The van der Waals surface area contributed by atoms with Gasteiger partial charge in [0.25, 0.3) is 0 Å². The number of halogens is 2. The Morgan fingerprint density at radius 2 is 2.00 bits per heavy atom. The predicted molar refractivity (Wildman–Crippen MR) is 85.5 cm³/mol. The van der Waals surface area contributed by atoms with Gasteiger partial charge in [-0.3, -0.25) is 5.10 Å². The van der Waals surface area contributed by atoms with Crippen molar-refractivity contribution in [1.82, 2.24) is 15.2 Å². The first-order chi connectivity index (χ1) is 10.2.